The second-order valence-electron chi connectivity index (χ2n) is 6.28. The minimum Gasteiger partial charge on any atom is -0.334 e. The molecular weight excluding hydrogens is 333 g/mol. The molecule has 0 bridgehead atoms. The van der Waals surface area contributed by atoms with Crippen molar-refractivity contribution in [3.8, 4) is 0 Å². The van der Waals surface area contributed by atoms with E-state index < -0.39 is 0 Å². The zero-order valence-electron chi connectivity index (χ0n) is 14.7. The van der Waals surface area contributed by atoms with Crippen molar-refractivity contribution in [2.24, 2.45) is 0 Å². The summed E-state index contributed by atoms with van der Waals surface area (Å²) in [5.41, 5.74) is 3.44. The van der Waals surface area contributed by atoms with Crippen LogP contribution >= 0.6 is 0 Å². The van der Waals surface area contributed by atoms with Gasteiger partial charge in [0.15, 0.2) is 0 Å². The summed E-state index contributed by atoms with van der Waals surface area (Å²) in [4.78, 5) is 26.1. The molecule has 0 fully saturated rings. The molecule has 26 heavy (non-hydrogen) atoms. The number of hydrogen-bond acceptors (Lipinski definition) is 2. The molecule has 6 heteroatoms. The minimum absolute atomic E-state index is 0.0869. The van der Waals surface area contributed by atoms with Crippen LogP contribution < -0.4 is 15.5 Å². The third-order valence-corrected chi connectivity index (χ3v) is 4.43. The molecule has 1 heterocycles. The lowest BCUT2D eigenvalue weighted by molar-refractivity contribution is -0.118. The van der Waals surface area contributed by atoms with Crippen molar-refractivity contribution in [2.75, 3.05) is 16.8 Å². The molecule has 2 aromatic carbocycles. The van der Waals surface area contributed by atoms with Crippen LogP contribution in [0.25, 0.3) is 0 Å². The summed E-state index contributed by atoms with van der Waals surface area (Å²) in [7, 11) is 0. The number of amides is 3. The first kappa shape index (κ1) is 17.9. The standard InChI is InChI=1S/C20H22FN3O2/c1-2-19(25)24-11-3-4-15-7-10-17(12-18(15)24)23-20(26)22-13-14-5-8-16(21)9-6-14/h5-10,12H,2-4,11,13H2,1H3,(H2,22,23,26). The molecule has 0 spiro atoms. The normalized spacial score (nSPS) is 13.1. The molecule has 2 aromatic rings. The Balaban J connectivity index is 1.65. The van der Waals surface area contributed by atoms with Crippen LogP contribution in [0.4, 0.5) is 20.6 Å². The molecule has 0 atom stereocenters. The second kappa shape index (κ2) is 7.99. The Hall–Kier alpha value is -2.89. The number of urea groups is 1. The van der Waals surface area contributed by atoms with E-state index in [2.05, 4.69) is 10.6 Å². The van der Waals surface area contributed by atoms with Gasteiger partial charge < -0.3 is 15.5 Å². The van der Waals surface area contributed by atoms with Crippen molar-refractivity contribution in [1.29, 1.82) is 0 Å². The maximum Gasteiger partial charge on any atom is 0.319 e. The van der Waals surface area contributed by atoms with Crippen molar-refractivity contribution in [3.05, 3.63) is 59.4 Å². The van der Waals surface area contributed by atoms with Crippen LogP contribution in [0.1, 0.15) is 30.9 Å². The Labute approximate surface area is 152 Å². The van der Waals surface area contributed by atoms with Gasteiger partial charge in [0.25, 0.3) is 0 Å². The molecule has 3 rings (SSSR count). The minimum atomic E-state index is -0.349. The number of hydrogen-bond donors (Lipinski definition) is 2. The highest BCUT2D eigenvalue weighted by molar-refractivity contribution is 5.96. The Morgan fingerprint density at radius 1 is 1.15 bits per heavy atom. The van der Waals surface area contributed by atoms with Crippen molar-refractivity contribution in [2.45, 2.75) is 32.7 Å². The Bertz CT molecular complexity index is 805. The summed E-state index contributed by atoms with van der Waals surface area (Å²) in [6.45, 7) is 2.86. The monoisotopic (exact) mass is 355 g/mol. The second-order valence-corrected chi connectivity index (χ2v) is 6.28. The number of halogens is 1. The van der Waals surface area contributed by atoms with Crippen molar-refractivity contribution < 1.29 is 14.0 Å². The van der Waals surface area contributed by atoms with E-state index in [0.29, 0.717) is 25.2 Å². The molecule has 0 aromatic heterocycles. The number of anilines is 2. The zero-order valence-corrected chi connectivity index (χ0v) is 14.7. The fourth-order valence-corrected chi connectivity index (χ4v) is 3.06. The summed E-state index contributed by atoms with van der Waals surface area (Å²) < 4.78 is 12.9. The van der Waals surface area contributed by atoms with Gasteiger partial charge in [0.2, 0.25) is 5.91 Å². The summed E-state index contributed by atoms with van der Waals surface area (Å²) in [5, 5.41) is 5.53. The van der Waals surface area contributed by atoms with Gasteiger partial charge in [-0.05, 0) is 48.2 Å². The van der Waals surface area contributed by atoms with Gasteiger partial charge in [-0.2, -0.15) is 0 Å². The number of carbonyl (C=O) groups excluding carboxylic acids is 2. The number of nitrogens with zero attached hydrogens (tertiary/aromatic N) is 1. The van der Waals surface area contributed by atoms with Crippen LogP contribution in [0.3, 0.4) is 0 Å². The van der Waals surface area contributed by atoms with Crippen LogP contribution in [0.2, 0.25) is 0 Å². The maximum atomic E-state index is 12.9. The molecule has 0 saturated carbocycles. The van der Waals surface area contributed by atoms with Gasteiger partial charge in [-0.15, -0.1) is 0 Å². The van der Waals surface area contributed by atoms with Gasteiger partial charge in [-0.3, -0.25) is 4.79 Å². The van der Waals surface area contributed by atoms with E-state index in [9.17, 15) is 14.0 Å². The zero-order chi connectivity index (χ0) is 18.5. The van der Waals surface area contributed by atoms with Crippen molar-refractivity contribution in [1.82, 2.24) is 5.32 Å². The highest BCUT2D eigenvalue weighted by atomic mass is 19.1. The first-order valence-corrected chi connectivity index (χ1v) is 8.79. The molecule has 2 N–H and O–H groups in total. The van der Waals surface area contributed by atoms with Crippen LogP contribution in [0.15, 0.2) is 42.5 Å². The fraction of sp³-hybridized carbons (Fsp3) is 0.300. The maximum absolute atomic E-state index is 12.9. The molecule has 136 valence electrons. The average molecular weight is 355 g/mol. The molecule has 5 nitrogen and oxygen atoms in total. The Morgan fingerprint density at radius 3 is 2.65 bits per heavy atom. The van der Waals surface area contributed by atoms with E-state index in [-0.39, 0.29) is 17.8 Å². The third kappa shape index (κ3) is 4.20. The van der Waals surface area contributed by atoms with Gasteiger partial charge in [-0.1, -0.05) is 25.1 Å². The first-order valence-electron chi connectivity index (χ1n) is 8.79. The average Bonchev–Trinajstić information content (AvgIpc) is 2.66. The van der Waals surface area contributed by atoms with E-state index in [1.165, 1.54) is 12.1 Å². The first-order chi connectivity index (χ1) is 12.6. The lowest BCUT2D eigenvalue weighted by Gasteiger charge is -2.29. The summed E-state index contributed by atoms with van der Waals surface area (Å²) in [5.74, 6) is -0.220. The van der Waals surface area contributed by atoms with Crippen LogP contribution in [0.5, 0.6) is 0 Å². The van der Waals surface area contributed by atoms with Crippen LogP contribution in [-0.2, 0) is 17.8 Å². The van der Waals surface area contributed by atoms with E-state index in [1.807, 2.05) is 25.1 Å². The van der Waals surface area contributed by atoms with Crippen molar-refractivity contribution in [3.63, 3.8) is 0 Å². The molecule has 3 amide bonds. The molecular formula is C20H22FN3O2. The predicted molar refractivity (Wildman–Crippen MR) is 99.7 cm³/mol. The number of carbonyl (C=O) groups is 2. The van der Waals surface area contributed by atoms with Gasteiger partial charge in [0, 0.05) is 30.9 Å². The van der Waals surface area contributed by atoms with Crippen molar-refractivity contribution >= 4 is 23.3 Å². The van der Waals surface area contributed by atoms with Gasteiger partial charge in [0.1, 0.15) is 5.82 Å². The number of aryl methyl sites for hydroxylation is 1. The van der Waals surface area contributed by atoms with E-state index in [1.54, 1.807) is 17.0 Å². The number of fused-ring (bicyclic) bond motifs is 1. The highest BCUT2D eigenvalue weighted by Crippen LogP contribution is 2.30. The molecule has 0 aliphatic carbocycles. The lowest BCUT2D eigenvalue weighted by atomic mass is 10.0. The van der Waals surface area contributed by atoms with E-state index in [0.717, 1.165) is 29.7 Å². The molecule has 1 aliphatic heterocycles. The quantitative estimate of drug-likeness (QED) is 0.875. The Morgan fingerprint density at radius 2 is 1.92 bits per heavy atom. The number of benzene rings is 2. The number of nitrogens with one attached hydrogen (secondary N) is 2. The molecule has 0 unspecified atom stereocenters. The van der Waals surface area contributed by atoms with Crippen LogP contribution in [-0.4, -0.2) is 18.5 Å². The topological polar surface area (TPSA) is 61.4 Å². The fourth-order valence-electron chi connectivity index (χ4n) is 3.06. The molecule has 0 saturated heterocycles. The Kier molecular flexibility index (Phi) is 5.51. The largest absolute Gasteiger partial charge is 0.334 e. The third-order valence-electron chi connectivity index (χ3n) is 4.43. The lowest BCUT2D eigenvalue weighted by Crippen LogP contribution is -2.35. The molecule has 1 aliphatic rings. The highest BCUT2D eigenvalue weighted by Gasteiger charge is 2.21. The number of rotatable bonds is 4. The smallest absolute Gasteiger partial charge is 0.319 e. The van der Waals surface area contributed by atoms with Gasteiger partial charge >= 0.3 is 6.03 Å². The summed E-state index contributed by atoms with van der Waals surface area (Å²) >= 11 is 0. The van der Waals surface area contributed by atoms with Crippen LogP contribution in [0, 0.1) is 5.82 Å². The molecule has 0 radical (unpaired) electrons. The van der Waals surface area contributed by atoms with E-state index in [4.69, 9.17) is 0 Å². The van der Waals surface area contributed by atoms with E-state index >= 15 is 0 Å². The summed E-state index contributed by atoms with van der Waals surface area (Å²) in [6.07, 6.45) is 2.33. The summed E-state index contributed by atoms with van der Waals surface area (Å²) in [6, 6.07) is 11.3. The van der Waals surface area contributed by atoms with Gasteiger partial charge in [0.05, 0.1) is 0 Å². The SMILES string of the molecule is CCC(=O)N1CCCc2ccc(NC(=O)NCc3ccc(F)cc3)cc21. The predicted octanol–water partition coefficient (Wildman–Crippen LogP) is 3.84. The van der Waals surface area contributed by atoms with Gasteiger partial charge in [-0.25, -0.2) is 9.18 Å².